The summed E-state index contributed by atoms with van der Waals surface area (Å²) in [6.07, 6.45) is 2.94. The van der Waals surface area contributed by atoms with Gasteiger partial charge in [0.05, 0.1) is 12.6 Å². The SMILES string of the molecule is C=CCCOc1ccc(-c2nnc(CCC(=O)N[C@H](C)c3ccccc3)c(=O)[nH]2)cc1. The molecule has 31 heavy (non-hydrogen) atoms. The molecular weight excluding hydrogens is 392 g/mol. The summed E-state index contributed by atoms with van der Waals surface area (Å²) in [6, 6.07) is 16.8. The molecule has 0 fully saturated rings. The minimum absolute atomic E-state index is 0.107. The van der Waals surface area contributed by atoms with Crippen molar-refractivity contribution in [2.75, 3.05) is 6.61 Å². The zero-order valence-corrected chi connectivity index (χ0v) is 17.5. The molecule has 2 N–H and O–H groups in total. The lowest BCUT2D eigenvalue weighted by Crippen LogP contribution is -2.28. The summed E-state index contributed by atoms with van der Waals surface area (Å²) in [5.74, 6) is 0.954. The molecule has 0 saturated heterocycles. The van der Waals surface area contributed by atoms with Crippen LogP contribution in [0.3, 0.4) is 0 Å². The van der Waals surface area contributed by atoms with Crippen molar-refractivity contribution in [2.45, 2.75) is 32.2 Å². The number of hydrogen-bond acceptors (Lipinski definition) is 5. The van der Waals surface area contributed by atoms with Gasteiger partial charge in [0.2, 0.25) is 5.91 Å². The summed E-state index contributed by atoms with van der Waals surface area (Å²) in [5.41, 5.74) is 1.63. The van der Waals surface area contributed by atoms with Gasteiger partial charge in [-0.15, -0.1) is 16.8 Å². The lowest BCUT2D eigenvalue weighted by atomic mass is 10.1. The molecular formula is C24H26N4O3. The molecule has 160 valence electrons. The quantitative estimate of drug-likeness (QED) is 0.387. The number of carbonyl (C=O) groups excluding carboxylic acids is 1. The maximum atomic E-state index is 12.4. The molecule has 0 radical (unpaired) electrons. The Morgan fingerprint density at radius 1 is 1.16 bits per heavy atom. The summed E-state index contributed by atoms with van der Waals surface area (Å²) >= 11 is 0. The first-order valence-corrected chi connectivity index (χ1v) is 10.2. The van der Waals surface area contributed by atoms with E-state index in [1.165, 1.54) is 0 Å². The average Bonchev–Trinajstić information content (AvgIpc) is 2.79. The van der Waals surface area contributed by atoms with Gasteiger partial charge in [-0.3, -0.25) is 9.59 Å². The molecule has 0 aliphatic carbocycles. The first kappa shape index (κ1) is 22.0. The second-order valence-electron chi connectivity index (χ2n) is 7.10. The molecule has 2 aromatic carbocycles. The highest BCUT2D eigenvalue weighted by atomic mass is 16.5. The molecule has 1 aromatic heterocycles. The van der Waals surface area contributed by atoms with Crippen LogP contribution in [0.15, 0.2) is 72.0 Å². The summed E-state index contributed by atoms with van der Waals surface area (Å²) in [5, 5.41) is 11.1. The number of nitrogens with zero attached hydrogens (tertiary/aromatic N) is 2. The minimum atomic E-state index is -0.347. The third kappa shape index (κ3) is 6.37. The molecule has 3 aromatic rings. The van der Waals surface area contributed by atoms with Crippen LogP contribution in [0.5, 0.6) is 5.75 Å². The third-order valence-corrected chi connectivity index (χ3v) is 4.75. The topological polar surface area (TPSA) is 97.0 Å². The Morgan fingerprint density at radius 2 is 1.90 bits per heavy atom. The van der Waals surface area contributed by atoms with Crippen LogP contribution in [0, 0.1) is 0 Å². The fourth-order valence-corrected chi connectivity index (χ4v) is 2.99. The number of ether oxygens (including phenoxy) is 1. The predicted octanol–water partition coefficient (Wildman–Crippen LogP) is 3.60. The highest BCUT2D eigenvalue weighted by Crippen LogP contribution is 2.18. The molecule has 7 nitrogen and oxygen atoms in total. The van der Waals surface area contributed by atoms with E-state index in [2.05, 4.69) is 27.1 Å². The third-order valence-electron chi connectivity index (χ3n) is 4.75. The molecule has 7 heteroatoms. The van der Waals surface area contributed by atoms with E-state index < -0.39 is 0 Å². The average molecular weight is 418 g/mol. The second kappa shape index (κ2) is 10.9. The van der Waals surface area contributed by atoms with Gasteiger partial charge in [-0.2, -0.15) is 0 Å². The monoisotopic (exact) mass is 418 g/mol. The number of nitrogens with one attached hydrogen (secondary N) is 2. The fourth-order valence-electron chi connectivity index (χ4n) is 2.99. The van der Waals surface area contributed by atoms with Gasteiger partial charge < -0.3 is 15.0 Å². The Bertz CT molecular complexity index is 1060. The van der Waals surface area contributed by atoms with Crippen LogP contribution in [0.2, 0.25) is 0 Å². The Kier molecular flexibility index (Phi) is 7.70. The van der Waals surface area contributed by atoms with Crippen LogP contribution in [0.4, 0.5) is 0 Å². The van der Waals surface area contributed by atoms with E-state index in [1.54, 1.807) is 18.2 Å². The highest BCUT2D eigenvalue weighted by Gasteiger charge is 2.12. The van der Waals surface area contributed by atoms with Crippen LogP contribution in [0.1, 0.15) is 37.1 Å². The van der Waals surface area contributed by atoms with Crippen LogP contribution in [-0.2, 0) is 11.2 Å². The van der Waals surface area contributed by atoms with Crippen molar-refractivity contribution in [2.24, 2.45) is 0 Å². The maximum Gasteiger partial charge on any atom is 0.273 e. The normalized spacial score (nSPS) is 11.5. The number of aromatic amines is 1. The number of carbonyl (C=O) groups is 1. The van der Waals surface area contributed by atoms with E-state index in [1.807, 2.05) is 49.4 Å². The van der Waals surface area contributed by atoms with E-state index >= 15 is 0 Å². The fraction of sp³-hybridized carbons (Fsp3) is 0.250. The smallest absolute Gasteiger partial charge is 0.273 e. The van der Waals surface area contributed by atoms with Gasteiger partial charge in [0, 0.05) is 18.4 Å². The standard InChI is InChI=1S/C24H26N4O3/c1-3-4-16-31-20-12-10-19(11-13-20)23-26-24(30)21(27-28-23)14-15-22(29)25-17(2)18-8-6-5-7-9-18/h3,5-13,17H,1,4,14-16H2,2H3,(H,25,29)(H,26,28,30)/t17-/m1/s1. The van der Waals surface area contributed by atoms with Crippen LogP contribution in [0.25, 0.3) is 11.4 Å². The lowest BCUT2D eigenvalue weighted by molar-refractivity contribution is -0.121. The molecule has 1 amide bonds. The van der Waals surface area contributed by atoms with Gasteiger partial charge in [0.1, 0.15) is 11.4 Å². The van der Waals surface area contributed by atoms with Gasteiger partial charge in [0.25, 0.3) is 5.56 Å². The molecule has 0 bridgehead atoms. The first-order valence-electron chi connectivity index (χ1n) is 10.2. The highest BCUT2D eigenvalue weighted by molar-refractivity contribution is 5.76. The Labute approximate surface area is 181 Å². The molecule has 0 aliphatic rings. The van der Waals surface area contributed by atoms with Crippen molar-refractivity contribution >= 4 is 5.91 Å². The Morgan fingerprint density at radius 3 is 2.58 bits per heavy atom. The van der Waals surface area contributed by atoms with E-state index in [9.17, 15) is 9.59 Å². The van der Waals surface area contributed by atoms with Crippen molar-refractivity contribution in [1.82, 2.24) is 20.5 Å². The van der Waals surface area contributed by atoms with Gasteiger partial charge in [-0.25, -0.2) is 0 Å². The molecule has 0 spiro atoms. The van der Waals surface area contributed by atoms with Crippen LogP contribution >= 0.6 is 0 Å². The van der Waals surface area contributed by atoms with E-state index in [0.717, 1.165) is 23.3 Å². The zero-order chi connectivity index (χ0) is 22.1. The largest absolute Gasteiger partial charge is 0.493 e. The molecule has 0 unspecified atom stereocenters. The van der Waals surface area contributed by atoms with E-state index in [4.69, 9.17) is 4.74 Å². The number of rotatable bonds is 10. The van der Waals surface area contributed by atoms with E-state index in [-0.39, 0.29) is 36.0 Å². The van der Waals surface area contributed by atoms with Gasteiger partial charge in [-0.1, -0.05) is 36.4 Å². The number of H-pyrrole nitrogens is 1. The Balaban J connectivity index is 1.56. The number of amides is 1. The first-order chi connectivity index (χ1) is 15.1. The van der Waals surface area contributed by atoms with Crippen LogP contribution < -0.4 is 15.6 Å². The summed E-state index contributed by atoms with van der Waals surface area (Å²) in [6.45, 7) is 6.14. The summed E-state index contributed by atoms with van der Waals surface area (Å²) < 4.78 is 5.57. The number of benzene rings is 2. The van der Waals surface area contributed by atoms with Gasteiger partial charge >= 0.3 is 0 Å². The van der Waals surface area contributed by atoms with Gasteiger partial charge in [-0.05, 0) is 43.2 Å². The molecule has 1 heterocycles. The number of aryl methyl sites for hydroxylation is 1. The molecule has 0 aliphatic heterocycles. The molecule has 3 rings (SSSR count). The number of aromatic nitrogens is 3. The Hall–Kier alpha value is -3.74. The second-order valence-corrected chi connectivity index (χ2v) is 7.10. The predicted molar refractivity (Wildman–Crippen MR) is 120 cm³/mol. The van der Waals surface area contributed by atoms with Crippen molar-refractivity contribution in [3.8, 4) is 17.1 Å². The maximum absolute atomic E-state index is 12.4. The van der Waals surface area contributed by atoms with Gasteiger partial charge in [0.15, 0.2) is 5.82 Å². The van der Waals surface area contributed by atoms with Crippen molar-refractivity contribution in [3.05, 3.63) is 88.9 Å². The summed E-state index contributed by atoms with van der Waals surface area (Å²) in [7, 11) is 0. The minimum Gasteiger partial charge on any atom is -0.493 e. The summed E-state index contributed by atoms with van der Waals surface area (Å²) in [4.78, 5) is 27.4. The van der Waals surface area contributed by atoms with E-state index in [0.29, 0.717) is 12.4 Å². The van der Waals surface area contributed by atoms with Crippen LogP contribution in [-0.4, -0.2) is 27.7 Å². The molecule has 1 atom stereocenters. The van der Waals surface area contributed by atoms with Crippen molar-refractivity contribution in [1.29, 1.82) is 0 Å². The molecule has 0 saturated carbocycles. The lowest BCUT2D eigenvalue weighted by Gasteiger charge is -2.14. The van der Waals surface area contributed by atoms with Crippen molar-refractivity contribution < 1.29 is 9.53 Å². The number of hydrogen-bond donors (Lipinski definition) is 2. The zero-order valence-electron chi connectivity index (χ0n) is 17.5. The van der Waals surface area contributed by atoms with Crippen molar-refractivity contribution in [3.63, 3.8) is 0 Å².